The number of fused-ring (bicyclic) bond motifs is 1. The van der Waals surface area contributed by atoms with Gasteiger partial charge in [0, 0.05) is 26.4 Å². The third-order valence-electron chi connectivity index (χ3n) is 4.63. The smallest absolute Gasteiger partial charge is 0.228 e. The van der Waals surface area contributed by atoms with E-state index < -0.39 is 5.51 Å². The van der Waals surface area contributed by atoms with Crippen molar-refractivity contribution in [3.05, 3.63) is 76.8 Å². The Kier molecular flexibility index (Phi) is 5.47. The van der Waals surface area contributed by atoms with E-state index in [2.05, 4.69) is 4.98 Å². The Morgan fingerprint density at radius 3 is 2.40 bits per heavy atom. The zero-order valence-corrected chi connectivity index (χ0v) is 17.7. The van der Waals surface area contributed by atoms with Crippen LogP contribution in [-0.2, 0) is 0 Å². The average Bonchev–Trinajstić information content (AvgIpc) is 2.66. The van der Waals surface area contributed by atoms with Gasteiger partial charge >= 0.3 is 5.51 Å². The van der Waals surface area contributed by atoms with E-state index >= 15 is 0 Å². The average molecular weight is 445 g/mol. The Labute approximate surface area is 181 Å². The van der Waals surface area contributed by atoms with Crippen molar-refractivity contribution >= 4 is 34.3 Å². The largest absolute Gasteiger partial charge is 0.446 e. The van der Waals surface area contributed by atoms with Gasteiger partial charge in [0.2, 0.25) is 0 Å². The molecule has 0 aliphatic heterocycles. The van der Waals surface area contributed by atoms with Gasteiger partial charge in [0.25, 0.3) is 0 Å². The van der Waals surface area contributed by atoms with E-state index in [4.69, 9.17) is 16.6 Å². The highest BCUT2D eigenvalue weighted by Crippen LogP contribution is 2.43. The second-order valence-electron chi connectivity index (χ2n) is 6.92. The van der Waals surface area contributed by atoms with Crippen LogP contribution in [0.4, 0.5) is 13.2 Å². The summed E-state index contributed by atoms with van der Waals surface area (Å²) >= 11 is 6.05. The van der Waals surface area contributed by atoms with Crippen LogP contribution < -0.4 is 0 Å². The van der Waals surface area contributed by atoms with Crippen LogP contribution >= 0.6 is 23.4 Å². The fourth-order valence-corrected chi connectivity index (χ4v) is 4.28. The standard InChI is InChI=1S/C23H16ClF3N2S/c1-13-5-3-7-15(11-13)21-17-12-16(24)9-10-18(17)28-22(29-21)20-14(2)6-4-8-19(20)30-23(25,26)27/h3-12H,1-2H3. The molecule has 1 heterocycles. The molecule has 0 radical (unpaired) electrons. The van der Waals surface area contributed by atoms with Crippen LogP contribution in [0.2, 0.25) is 5.02 Å². The monoisotopic (exact) mass is 444 g/mol. The summed E-state index contributed by atoms with van der Waals surface area (Å²) in [5, 5.41) is 1.28. The van der Waals surface area contributed by atoms with Gasteiger partial charge in [-0.25, -0.2) is 9.97 Å². The molecule has 1 aromatic heterocycles. The first-order valence-electron chi connectivity index (χ1n) is 9.11. The van der Waals surface area contributed by atoms with Gasteiger partial charge in [-0.05, 0) is 61.5 Å². The number of rotatable bonds is 3. The Bertz CT molecular complexity index is 1260. The van der Waals surface area contributed by atoms with E-state index in [-0.39, 0.29) is 22.5 Å². The van der Waals surface area contributed by atoms with Gasteiger partial charge in [-0.3, -0.25) is 0 Å². The van der Waals surface area contributed by atoms with Crippen molar-refractivity contribution in [1.82, 2.24) is 9.97 Å². The summed E-state index contributed by atoms with van der Waals surface area (Å²) < 4.78 is 39.5. The van der Waals surface area contributed by atoms with Crippen molar-refractivity contribution in [1.29, 1.82) is 0 Å². The van der Waals surface area contributed by atoms with Crippen LogP contribution in [0.25, 0.3) is 33.5 Å². The molecular formula is C23H16ClF3N2S. The van der Waals surface area contributed by atoms with Crippen molar-refractivity contribution in [2.75, 3.05) is 0 Å². The van der Waals surface area contributed by atoms with E-state index in [1.807, 2.05) is 31.2 Å². The highest BCUT2D eigenvalue weighted by molar-refractivity contribution is 8.00. The minimum Gasteiger partial charge on any atom is -0.228 e. The van der Waals surface area contributed by atoms with E-state index in [0.29, 0.717) is 27.4 Å². The van der Waals surface area contributed by atoms with Crippen LogP contribution in [0.1, 0.15) is 11.1 Å². The molecule has 0 aliphatic rings. The lowest BCUT2D eigenvalue weighted by molar-refractivity contribution is -0.0328. The molecule has 0 N–H and O–H groups in total. The number of benzene rings is 3. The zero-order chi connectivity index (χ0) is 21.5. The lowest BCUT2D eigenvalue weighted by Crippen LogP contribution is -2.03. The van der Waals surface area contributed by atoms with Crippen molar-refractivity contribution in [2.24, 2.45) is 0 Å². The first kappa shape index (κ1) is 20.7. The van der Waals surface area contributed by atoms with Gasteiger partial charge in [0.05, 0.1) is 11.2 Å². The predicted molar refractivity (Wildman–Crippen MR) is 117 cm³/mol. The predicted octanol–water partition coefficient (Wildman–Crippen LogP) is 7.85. The zero-order valence-electron chi connectivity index (χ0n) is 16.1. The molecule has 0 fully saturated rings. The molecule has 2 nitrogen and oxygen atoms in total. The summed E-state index contributed by atoms with van der Waals surface area (Å²) in [4.78, 5) is 9.40. The Hall–Kier alpha value is -2.57. The van der Waals surface area contributed by atoms with Gasteiger partial charge in [0.1, 0.15) is 0 Å². The highest BCUT2D eigenvalue weighted by atomic mass is 35.5. The molecule has 0 spiro atoms. The van der Waals surface area contributed by atoms with E-state index in [1.54, 1.807) is 37.3 Å². The van der Waals surface area contributed by atoms with Crippen LogP contribution in [0.3, 0.4) is 0 Å². The number of nitrogens with zero attached hydrogens (tertiary/aromatic N) is 2. The van der Waals surface area contributed by atoms with Crippen molar-refractivity contribution in [2.45, 2.75) is 24.3 Å². The third-order valence-corrected chi connectivity index (χ3v) is 5.66. The van der Waals surface area contributed by atoms with Crippen LogP contribution in [0, 0.1) is 13.8 Å². The first-order valence-corrected chi connectivity index (χ1v) is 10.3. The fourth-order valence-electron chi connectivity index (χ4n) is 3.36. The molecule has 0 atom stereocenters. The Morgan fingerprint density at radius 1 is 0.900 bits per heavy atom. The van der Waals surface area contributed by atoms with Gasteiger partial charge in [0.15, 0.2) is 5.82 Å². The van der Waals surface area contributed by atoms with Gasteiger partial charge in [-0.15, -0.1) is 0 Å². The van der Waals surface area contributed by atoms with E-state index in [0.717, 1.165) is 16.5 Å². The molecule has 4 rings (SSSR count). The van der Waals surface area contributed by atoms with E-state index in [1.165, 1.54) is 6.07 Å². The first-order chi connectivity index (χ1) is 14.2. The van der Waals surface area contributed by atoms with E-state index in [9.17, 15) is 13.2 Å². The topological polar surface area (TPSA) is 25.8 Å². The number of hydrogen-bond acceptors (Lipinski definition) is 3. The second kappa shape index (κ2) is 7.93. The molecule has 0 bridgehead atoms. The number of aromatic nitrogens is 2. The summed E-state index contributed by atoms with van der Waals surface area (Å²) in [5.41, 5.74) is -0.207. The molecule has 7 heteroatoms. The quantitative estimate of drug-likeness (QED) is 0.301. The minimum absolute atomic E-state index is 0.0750. The lowest BCUT2D eigenvalue weighted by Gasteiger charge is -2.15. The lowest BCUT2D eigenvalue weighted by atomic mass is 10.0. The highest BCUT2D eigenvalue weighted by Gasteiger charge is 2.31. The van der Waals surface area contributed by atoms with Crippen molar-refractivity contribution < 1.29 is 13.2 Å². The molecule has 0 amide bonds. The van der Waals surface area contributed by atoms with Gasteiger partial charge < -0.3 is 0 Å². The summed E-state index contributed by atoms with van der Waals surface area (Å²) in [6.45, 7) is 3.73. The molecule has 0 saturated carbocycles. The number of alkyl halides is 3. The molecule has 0 saturated heterocycles. The molecule has 152 valence electrons. The Balaban J connectivity index is 2.02. The summed E-state index contributed by atoms with van der Waals surface area (Å²) in [7, 11) is 0. The Morgan fingerprint density at radius 2 is 1.67 bits per heavy atom. The fraction of sp³-hybridized carbons (Fsp3) is 0.130. The molecule has 4 aromatic rings. The van der Waals surface area contributed by atoms with Crippen LogP contribution in [0.15, 0.2) is 65.6 Å². The van der Waals surface area contributed by atoms with Gasteiger partial charge in [-0.2, -0.15) is 13.2 Å². The van der Waals surface area contributed by atoms with Crippen LogP contribution in [0.5, 0.6) is 0 Å². The van der Waals surface area contributed by atoms with Gasteiger partial charge in [-0.1, -0.05) is 47.5 Å². The summed E-state index contributed by atoms with van der Waals surface area (Å²) in [5.74, 6) is 0.256. The second-order valence-corrected chi connectivity index (χ2v) is 8.47. The summed E-state index contributed by atoms with van der Waals surface area (Å²) in [6, 6.07) is 17.9. The number of aryl methyl sites for hydroxylation is 2. The van der Waals surface area contributed by atoms with Crippen molar-refractivity contribution in [3.63, 3.8) is 0 Å². The minimum atomic E-state index is -4.41. The molecular weight excluding hydrogens is 429 g/mol. The number of thioether (sulfide) groups is 1. The normalized spacial score (nSPS) is 11.8. The molecule has 30 heavy (non-hydrogen) atoms. The maximum atomic E-state index is 13.2. The van der Waals surface area contributed by atoms with Crippen molar-refractivity contribution in [3.8, 4) is 22.6 Å². The third kappa shape index (κ3) is 4.30. The maximum absolute atomic E-state index is 13.2. The molecule has 3 aromatic carbocycles. The number of halogens is 4. The molecule has 0 unspecified atom stereocenters. The number of hydrogen-bond donors (Lipinski definition) is 0. The van der Waals surface area contributed by atoms with Crippen LogP contribution in [-0.4, -0.2) is 15.5 Å². The summed E-state index contributed by atoms with van der Waals surface area (Å²) in [6.07, 6.45) is 0. The molecule has 0 aliphatic carbocycles. The SMILES string of the molecule is Cc1cccc(-c2nc(-c3c(C)cccc3SC(F)(F)F)nc3ccc(Cl)cc23)c1. The maximum Gasteiger partial charge on any atom is 0.446 e.